The van der Waals surface area contributed by atoms with Crippen LogP contribution in [0.1, 0.15) is 0 Å². The lowest BCUT2D eigenvalue weighted by molar-refractivity contribution is 0.666. The lowest BCUT2D eigenvalue weighted by Crippen LogP contribution is -2.07. The number of hydrogen-bond acceptors (Lipinski definition) is 4. The lowest BCUT2D eigenvalue weighted by atomic mass is 10.0. The topological polar surface area (TPSA) is 61.7 Å². The van der Waals surface area contributed by atoms with E-state index in [-0.39, 0.29) is 0 Å². The highest BCUT2D eigenvalue weighted by molar-refractivity contribution is 6.18. The van der Waals surface area contributed by atoms with E-state index < -0.39 is 0 Å². The van der Waals surface area contributed by atoms with E-state index >= 15 is 0 Å². The van der Waals surface area contributed by atoms with Crippen LogP contribution in [-0.4, -0.2) is 24.1 Å². The molecule has 6 heteroatoms. The summed E-state index contributed by atoms with van der Waals surface area (Å²) in [5.41, 5.74) is 8.62. The molecule has 274 valence electrons. The molecule has 0 spiro atoms. The van der Waals surface area contributed by atoms with Crippen molar-refractivity contribution in [2.45, 2.75) is 0 Å². The molecule has 0 fully saturated rings. The molecule has 0 amide bonds. The number of para-hydroxylation sites is 4. The first-order valence-electron chi connectivity index (χ1n) is 19.9. The Morgan fingerprint density at radius 1 is 0.356 bits per heavy atom. The quantitative estimate of drug-likeness (QED) is 0.180. The predicted molar refractivity (Wildman–Crippen MR) is 242 cm³/mol. The summed E-state index contributed by atoms with van der Waals surface area (Å²) < 4.78 is 11.5. The standard InChI is InChI=1S/C53H31N5O/c1-2-16-34-31-47-42(30-33(34)15-1)38-21-7-9-24-43(38)57(47)46-29-28-41(49-40-22-8-12-27-48(40)59-50(46)49)52-54-51(39-23-13-17-32-14-3-4-18-35(32)39)55-53(56-52)58-44-25-10-5-19-36(44)37-20-6-11-26-45(37)58/h1-31H. The van der Waals surface area contributed by atoms with Gasteiger partial charge in [-0.15, -0.1) is 0 Å². The first-order chi connectivity index (χ1) is 29.3. The van der Waals surface area contributed by atoms with Crippen LogP contribution in [0.15, 0.2) is 192 Å². The van der Waals surface area contributed by atoms with E-state index in [9.17, 15) is 0 Å². The minimum absolute atomic E-state index is 0.551. The number of rotatable bonds is 4. The summed E-state index contributed by atoms with van der Waals surface area (Å²) in [4.78, 5) is 16.1. The molecule has 0 aliphatic rings. The highest BCUT2D eigenvalue weighted by atomic mass is 16.3. The van der Waals surface area contributed by atoms with Crippen LogP contribution in [0, 0.1) is 0 Å². The molecule has 13 aromatic rings. The van der Waals surface area contributed by atoms with Crippen LogP contribution in [0.3, 0.4) is 0 Å². The molecule has 0 aliphatic carbocycles. The van der Waals surface area contributed by atoms with Crippen LogP contribution in [0.25, 0.3) is 122 Å². The maximum Gasteiger partial charge on any atom is 0.238 e. The second kappa shape index (κ2) is 12.2. The van der Waals surface area contributed by atoms with Gasteiger partial charge in [0, 0.05) is 43.4 Å². The van der Waals surface area contributed by atoms with Crippen molar-refractivity contribution in [3.05, 3.63) is 188 Å². The maximum atomic E-state index is 6.95. The number of furan rings is 1. The highest BCUT2D eigenvalue weighted by Gasteiger charge is 2.24. The van der Waals surface area contributed by atoms with Gasteiger partial charge in [0.25, 0.3) is 0 Å². The van der Waals surface area contributed by atoms with Gasteiger partial charge in [-0.2, -0.15) is 9.97 Å². The molecule has 4 heterocycles. The Labute approximate surface area is 336 Å². The van der Waals surface area contributed by atoms with Gasteiger partial charge >= 0.3 is 0 Å². The highest BCUT2D eigenvalue weighted by Crippen LogP contribution is 2.43. The zero-order valence-electron chi connectivity index (χ0n) is 31.5. The van der Waals surface area contributed by atoms with Gasteiger partial charge in [-0.1, -0.05) is 140 Å². The Morgan fingerprint density at radius 3 is 1.63 bits per heavy atom. The fourth-order valence-electron chi connectivity index (χ4n) is 9.36. The SMILES string of the molecule is c1ccc2cc3c(cc2c1)c1ccccc1n3-c1ccc(-c2nc(-c3cccc4ccccc34)nc(-n3c4ccccc4c4ccccc43)n2)c2c1oc1ccccc12. The molecule has 0 atom stereocenters. The maximum absolute atomic E-state index is 6.95. The molecule has 59 heavy (non-hydrogen) atoms. The van der Waals surface area contributed by atoms with Crippen LogP contribution >= 0.6 is 0 Å². The Hall–Kier alpha value is -8.09. The van der Waals surface area contributed by atoms with Gasteiger partial charge in [0.1, 0.15) is 5.58 Å². The minimum atomic E-state index is 0.551. The Balaban J connectivity index is 1.14. The van der Waals surface area contributed by atoms with Crippen molar-refractivity contribution in [2.24, 2.45) is 0 Å². The van der Waals surface area contributed by atoms with E-state index in [2.05, 4.69) is 185 Å². The van der Waals surface area contributed by atoms with Crippen molar-refractivity contribution >= 4 is 87.1 Å². The number of hydrogen-bond donors (Lipinski definition) is 0. The molecule has 6 nitrogen and oxygen atoms in total. The van der Waals surface area contributed by atoms with E-state index in [4.69, 9.17) is 19.4 Å². The number of aromatic nitrogens is 5. The first kappa shape index (κ1) is 32.0. The van der Waals surface area contributed by atoms with Crippen LogP contribution in [0.4, 0.5) is 0 Å². The summed E-state index contributed by atoms with van der Waals surface area (Å²) in [6, 6.07) is 66.1. The van der Waals surface area contributed by atoms with E-state index in [1.54, 1.807) is 0 Å². The van der Waals surface area contributed by atoms with Gasteiger partial charge < -0.3 is 8.98 Å². The molecule has 13 rings (SSSR count). The largest absolute Gasteiger partial charge is 0.454 e. The van der Waals surface area contributed by atoms with E-state index in [1.165, 1.54) is 21.5 Å². The zero-order chi connectivity index (χ0) is 38.6. The summed E-state index contributed by atoms with van der Waals surface area (Å²) >= 11 is 0. The molecule has 0 N–H and O–H groups in total. The van der Waals surface area contributed by atoms with Crippen molar-refractivity contribution < 1.29 is 4.42 Å². The van der Waals surface area contributed by atoms with Crippen LogP contribution < -0.4 is 0 Å². The van der Waals surface area contributed by atoms with Gasteiger partial charge in [-0.3, -0.25) is 4.57 Å². The molecule has 0 aliphatic heterocycles. The minimum Gasteiger partial charge on any atom is -0.454 e. The monoisotopic (exact) mass is 753 g/mol. The van der Waals surface area contributed by atoms with Crippen molar-refractivity contribution in [3.63, 3.8) is 0 Å². The van der Waals surface area contributed by atoms with Gasteiger partial charge in [0.05, 0.1) is 27.8 Å². The molecular formula is C53H31N5O. The van der Waals surface area contributed by atoms with Gasteiger partial charge in [0.2, 0.25) is 5.95 Å². The second-order valence-electron chi connectivity index (χ2n) is 15.2. The molecule has 4 aromatic heterocycles. The van der Waals surface area contributed by atoms with Gasteiger partial charge in [-0.25, -0.2) is 4.98 Å². The predicted octanol–water partition coefficient (Wildman–Crippen LogP) is 13.6. The van der Waals surface area contributed by atoms with Crippen molar-refractivity contribution in [1.82, 2.24) is 24.1 Å². The summed E-state index contributed by atoms with van der Waals surface area (Å²) in [5.74, 6) is 1.72. The number of benzene rings is 9. The molecule has 0 saturated carbocycles. The van der Waals surface area contributed by atoms with Gasteiger partial charge in [0.15, 0.2) is 17.2 Å². The van der Waals surface area contributed by atoms with Crippen molar-refractivity contribution in [2.75, 3.05) is 0 Å². The van der Waals surface area contributed by atoms with Crippen LogP contribution in [0.5, 0.6) is 0 Å². The Kier molecular flexibility index (Phi) is 6.63. The third-order valence-corrected chi connectivity index (χ3v) is 12.0. The molecular weight excluding hydrogens is 723 g/mol. The Bertz CT molecular complexity index is 3810. The van der Waals surface area contributed by atoms with Crippen LogP contribution in [0.2, 0.25) is 0 Å². The first-order valence-corrected chi connectivity index (χ1v) is 19.9. The van der Waals surface area contributed by atoms with Crippen molar-refractivity contribution in [1.29, 1.82) is 0 Å². The number of fused-ring (bicyclic) bond motifs is 11. The fourth-order valence-corrected chi connectivity index (χ4v) is 9.36. The average Bonchev–Trinajstić information content (AvgIpc) is 3.96. The number of nitrogens with zero attached hydrogens (tertiary/aromatic N) is 5. The Morgan fingerprint density at radius 2 is 0.898 bits per heavy atom. The second-order valence-corrected chi connectivity index (χ2v) is 15.2. The molecule has 9 aromatic carbocycles. The molecule has 0 saturated heterocycles. The summed E-state index contributed by atoms with van der Waals surface area (Å²) in [6.45, 7) is 0. The van der Waals surface area contributed by atoms with E-state index in [1.807, 2.05) is 12.1 Å². The fraction of sp³-hybridized carbons (Fsp3) is 0. The summed E-state index contributed by atoms with van der Waals surface area (Å²) in [7, 11) is 0. The molecule has 0 unspecified atom stereocenters. The van der Waals surface area contributed by atoms with Crippen LogP contribution in [-0.2, 0) is 0 Å². The average molecular weight is 754 g/mol. The normalized spacial score (nSPS) is 12.1. The summed E-state index contributed by atoms with van der Waals surface area (Å²) in [5, 5.41) is 11.2. The van der Waals surface area contributed by atoms with Crippen molar-refractivity contribution in [3.8, 4) is 34.4 Å². The van der Waals surface area contributed by atoms with Gasteiger partial charge in [-0.05, 0) is 70.1 Å². The zero-order valence-corrected chi connectivity index (χ0v) is 31.5. The lowest BCUT2D eigenvalue weighted by Gasteiger charge is -2.14. The molecule has 0 radical (unpaired) electrons. The van der Waals surface area contributed by atoms with E-state index in [0.29, 0.717) is 17.6 Å². The third kappa shape index (κ3) is 4.65. The van der Waals surface area contributed by atoms with E-state index in [0.717, 1.165) is 82.4 Å². The smallest absolute Gasteiger partial charge is 0.238 e. The summed E-state index contributed by atoms with van der Waals surface area (Å²) in [6.07, 6.45) is 0. The molecule has 0 bridgehead atoms. The third-order valence-electron chi connectivity index (χ3n) is 12.0.